The minimum atomic E-state index is 0.640. The van der Waals surface area contributed by atoms with Gasteiger partial charge in [-0.15, -0.1) is 0 Å². The number of hydroxylamine groups is 1. The van der Waals surface area contributed by atoms with Crippen LogP contribution in [0.5, 0.6) is 0 Å². The van der Waals surface area contributed by atoms with Gasteiger partial charge in [0.2, 0.25) is 0 Å². The largest absolute Gasteiger partial charge is 0.396 e. The minimum Gasteiger partial charge on any atom is -0.396 e. The van der Waals surface area contributed by atoms with Crippen molar-refractivity contribution in [1.29, 1.82) is 0 Å². The Morgan fingerprint density at radius 1 is 1.50 bits per heavy atom. The lowest BCUT2D eigenvalue weighted by Gasteiger charge is -2.27. The molecule has 4 nitrogen and oxygen atoms in total. The zero-order valence-corrected chi connectivity index (χ0v) is 9.33. The van der Waals surface area contributed by atoms with Gasteiger partial charge < -0.3 is 5.73 Å². The predicted octanol–water partition coefficient (Wildman–Crippen LogP) is 1.96. The van der Waals surface area contributed by atoms with Crippen LogP contribution in [0.2, 0.25) is 0 Å². The van der Waals surface area contributed by atoms with Crippen LogP contribution in [0.3, 0.4) is 0 Å². The van der Waals surface area contributed by atoms with Crippen LogP contribution in [0.1, 0.15) is 12.8 Å². The monoisotopic (exact) mass is 257 g/mol. The summed E-state index contributed by atoms with van der Waals surface area (Å²) in [6, 6.07) is 1.83. The number of nitrogens with zero attached hydrogens (tertiary/aromatic N) is 2. The lowest BCUT2D eigenvalue weighted by atomic mass is 10.3. The highest BCUT2D eigenvalue weighted by atomic mass is 79.9. The van der Waals surface area contributed by atoms with E-state index in [-0.39, 0.29) is 0 Å². The Morgan fingerprint density at radius 3 is 3.00 bits per heavy atom. The number of hydrogen-bond acceptors (Lipinski definition) is 4. The summed E-state index contributed by atoms with van der Waals surface area (Å²) in [6.45, 7) is 1.61. The molecule has 1 saturated heterocycles. The third-order valence-corrected chi connectivity index (χ3v) is 2.53. The Labute approximate surface area is 91.1 Å². The molecule has 5 heteroatoms. The van der Waals surface area contributed by atoms with Crippen molar-refractivity contribution in [2.24, 2.45) is 0 Å². The van der Waals surface area contributed by atoms with Gasteiger partial charge in [-0.1, -0.05) is 0 Å². The van der Waals surface area contributed by atoms with Gasteiger partial charge in [-0.3, -0.25) is 4.84 Å². The molecule has 14 heavy (non-hydrogen) atoms. The molecular formula is C9H12BrN3O. The first-order valence-electron chi connectivity index (χ1n) is 4.59. The summed E-state index contributed by atoms with van der Waals surface area (Å²) < 4.78 is 0.885. The van der Waals surface area contributed by atoms with Gasteiger partial charge in [0, 0.05) is 17.2 Å². The molecule has 0 aliphatic carbocycles. The molecule has 0 bridgehead atoms. The van der Waals surface area contributed by atoms with E-state index in [1.54, 1.807) is 11.3 Å². The summed E-state index contributed by atoms with van der Waals surface area (Å²) in [5.41, 5.74) is 6.48. The number of pyridine rings is 1. The number of hydrogen-bond donors (Lipinski definition) is 1. The van der Waals surface area contributed by atoms with Gasteiger partial charge in [0.25, 0.3) is 0 Å². The van der Waals surface area contributed by atoms with E-state index in [0.717, 1.165) is 30.5 Å². The number of nitrogen functional groups attached to an aromatic ring is 1. The van der Waals surface area contributed by atoms with Crippen molar-refractivity contribution in [1.82, 2.24) is 4.98 Å². The minimum absolute atomic E-state index is 0.640. The molecule has 1 aliphatic heterocycles. The van der Waals surface area contributed by atoms with Crippen LogP contribution in [0.4, 0.5) is 11.5 Å². The van der Waals surface area contributed by atoms with Gasteiger partial charge in [0.1, 0.15) is 0 Å². The Balaban J connectivity index is 2.22. The van der Waals surface area contributed by atoms with E-state index < -0.39 is 0 Å². The van der Waals surface area contributed by atoms with Crippen LogP contribution >= 0.6 is 15.9 Å². The molecule has 1 aromatic rings. The fourth-order valence-corrected chi connectivity index (χ4v) is 1.77. The first-order chi connectivity index (χ1) is 6.77. The third kappa shape index (κ3) is 1.99. The summed E-state index contributed by atoms with van der Waals surface area (Å²) in [7, 11) is 0. The van der Waals surface area contributed by atoms with Gasteiger partial charge in [0.05, 0.1) is 12.3 Å². The maximum atomic E-state index is 5.84. The number of halogens is 1. The molecule has 2 rings (SSSR count). The van der Waals surface area contributed by atoms with E-state index in [2.05, 4.69) is 20.9 Å². The molecule has 0 atom stereocenters. The van der Waals surface area contributed by atoms with Crippen molar-refractivity contribution in [3.63, 3.8) is 0 Å². The molecule has 0 radical (unpaired) electrons. The van der Waals surface area contributed by atoms with Gasteiger partial charge in [0.15, 0.2) is 5.82 Å². The normalized spacial score (nSPS) is 17.1. The van der Waals surface area contributed by atoms with E-state index in [1.807, 2.05) is 6.07 Å². The van der Waals surface area contributed by atoms with E-state index >= 15 is 0 Å². The molecule has 2 N–H and O–H groups in total. The standard InChI is InChI=1S/C9H12BrN3O/c10-7-5-8(11)9(12-6-7)13-3-1-2-4-14-13/h5-6H,1-4,11H2. The summed E-state index contributed by atoms with van der Waals surface area (Å²) in [6.07, 6.45) is 3.95. The maximum Gasteiger partial charge on any atom is 0.175 e. The summed E-state index contributed by atoms with van der Waals surface area (Å²) in [4.78, 5) is 9.69. The van der Waals surface area contributed by atoms with E-state index in [4.69, 9.17) is 10.6 Å². The molecule has 1 aliphatic rings. The summed E-state index contributed by atoms with van der Waals surface area (Å²) in [5.74, 6) is 0.716. The van der Waals surface area contributed by atoms with Crippen molar-refractivity contribution >= 4 is 27.4 Å². The molecule has 0 aromatic carbocycles. The Kier molecular flexibility index (Phi) is 2.88. The van der Waals surface area contributed by atoms with E-state index in [0.29, 0.717) is 11.5 Å². The molecule has 0 amide bonds. The number of rotatable bonds is 1. The highest BCUT2D eigenvalue weighted by Crippen LogP contribution is 2.25. The van der Waals surface area contributed by atoms with Crippen LogP contribution in [0.15, 0.2) is 16.7 Å². The Morgan fingerprint density at radius 2 is 2.36 bits per heavy atom. The second-order valence-corrected chi connectivity index (χ2v) is 4.12. The molecule has 0 saturated carbocycles. The van der Waals surface area contributed by atoms with E-state index in [1.165, 1.54) is 0 Å². The van der Waals surface area contributed by atoms with Crippen molar-refractivity contribution in [3.05, 3.63) is 16.7 Å². The zero-order chi connectivity index (χ0) is 9.97. The smallest absolute Gasteiger partial charge is 0.175 e. The number of aromatic nitrogens is 1. The summed E-state index contributed by atoms with van der Waals surface area (Å²) >= 11 is 3.32. The predicted molar refractivity (Wildman–Crippen MR) is 58.9 cm³/mol. The second kappa shape index (κ2) is 4.14. The first kappa shape index (κ1) is 9.73. The average Bonchev–Trinajstić information content (AvgIpc) is 2.19. The third-order valence-electron chi connectivity index (χ3n) is 2.10. The van der Waals surface area contributed by atoms with Crippen molar-refractivity contribution in [2.45, 2.75) is 12.8 Å². The second-order valence-electron chi connectivity index (χ2n) is 3.21. The zero-order valence-electron chi connectivity index (χ0n) is 7.74. The fraction of sp³-hybridized carbons (Fsp3) is 0.444. The van der Waals surface area contributed by atoms with Gasteiger partial charge in [-0.25, -0.2) is 10.0 Å². The topological polar surface area (TPSA) is 51.4 Å². The maximum absolute atomic E-state index is 5.84. The molecule has 0 unspecified atom stereocenters. The van der Waals surface area contributed by atoms with Crippen LogP contribution in [-0.4, -0.2) is 18.1 Å². The molecule has 76 valence electrons. The molecule has 1 fully saturated rings. The Bertz CT molecular complexity index is 326. The van der Waals surface area contributed by atoms with Crippen LogP contribution in [0.25, 0.3) is 0 Å². The van der Waals surface area contributed by atoms with Gasteiger partial charge in [-0.05, 0) is 34.8 Å². The average molecular weight is 258 g/mol. The molecular weight excluding hydrogens is 246 g/mol. The lowest BCUT2D eigenvalue weighted by Crippen LogP contribution is -2.31. The lowest BCUT2D eigenvalue weighted by molar-refractivity contribution is 0.0764. The number of nitrogens with two attached hydrogens (primary N) is 1. The first-order valence-corrected chi connectivity index (χ1v) is 5.38. The van der Waals surface area contributed by atoms with Gasteiger partial charge in [-0.2, -0.15) is 0 Å². The highest BCUT2D eigenvalue weighted by Gasteiger charge is 2.15. The van der Waals surface area contributed by atoms with E-state index in [9.17, 15) is 0 Å². The quantitative estimate of drug-likeness (QED) is 0.836. The molecule has 2 heterocycles. The SMILES string of the molecule is Nc1cc(Br)cnc1N1CCCCO1. The van der Waals surface area contributed by atoms with Crippen molar-refractivity contribution < 1.29 is 4.84 Å². The number of anilines is 2. The van der Waals surface area contributed by atoms with Crippen LogP contribution in [-0.2, 0) is 4.84 Å². The fourth-order valence-electron chi connectivity index (χ4n) is 1.42. The molecule has 1 aromatic heterocycles. The molecule has 0 spiro atoms. The van der Waals surface area contributed by atoms with Crippen molar-refractivity contribution in [3.8, 4) is 0 Å². The van der Waals surface area contributed by atoms with Crippen LogP contribution in [0, 0.1) is 0 Å². The van der Waals surface area contributed by atoms with Gasteiger partial charge >= 0.3 is 0 Å². The van der Waals surface area contributed by atoms with Crippen LogP contribution < -0.4 is 10.8 Å². The highest BCUT2D eigenvalue weighted by molar-refractivity contribution is 9.10. The summed E-state index contributed by atoms with van der Waals surface area (Å²) in [5, 5.41) is 1.77. The Hall–Kier alpha value is -0.810. The van der Waals surface area contributed by atoms with Crippen molar-refractivity contribution in [2.75, 3.05) is 23.9 Å².